The van der Waals surface area contributed by atoms with E-state index in [0.717, 1.165) is 38.5 Å². The Bertz CT molecular complexity index is 777. The number of primary amides is 1. The molecule has 1 aromatic rings. The second-order valence-electron chi connectivity index (χ2n) is 9.07. The molecule has 1 saturated carbocycles. The first-order valence-corrected chi connectivity index (χ1v) is 10.6. The number of carboxylic acid groups (broad SMARTS) is 1. The summed E-state index contributed by atoms with van der Waals surface area (Å²) in [4.78, 5) is 37.5. The third-order valence-corrected chi connectivity index (χ3v) is 7.68. The first-order valence-electron chi connectivity index (χ1n) is 10.6. The number of nitrogens with zero attached hydrogens (tertiary/aromatic N) is 1. The van der Waals surface area contributed by atoms with E-state index < -0.39 is 17.3 Å². The Kier molecular flexibility index (Phi) is 7.56. The minimum atomic E-state index is -0.927. The predicted molar refractivity (Wildman–Crippen MR) is 115 cm³/mol. The van der Waals surface area contributed by atoms with Crippen molar-refractivity contribution in [2.45, 2.75) is 58.8 Å². The van der Waals surface area contributed by atoms with Crippen molar-refractivity contribution in [1.82, 2.24) is 4.90 Å². The van der Waals surface area contributed by atoms with E-state index in [2.05, 4.69) is 0 Å². The summed E-state index contributed by atoms with van der Waals surface area (Å²) in [6.45, 7) is 5.19. The summed E-state index contributed by atoms with van der Waals surface area (Å²) >= 11 is 0. The molecule has 2 amide bonds. The van der Waals surface area contributed by atoms with Crippen LogP contribution in [0.4, 0.5) is 0 Å². The number of likely N-dealkylation sites (tertiary alicyclic amines) is 1. The van der Waals surface area contributed by atoms with Crippen molar-refractivity contribution in [2.75, 3.05) is 13.1 Å². The molecule has 0 bridgehead atoms. The number of amides is 2. The van der Waals surface area contributed by atoms with Crippen LogP contribution in [-0.2, 0) is 4.79 Å². The number of rotatable bonds is 5. The molecule has 1 aliphatic carbocycles. The van der Waals surface area contributed by atoms with Crippen LogP contribution in [0.5, 0.6) is 0 Å². The summed E-state index contributed by atoms with van der Waals surface area (Å²) in [5, 5.41) is 11.6. The Morgan fingerprint density at radius 2 is 1.57 bits per heavy atom. The Morgan fingerprint density at radius 1 is 1.07 bits per heavy atom. The first kappa shape index (κ1) is 24.2. The van der Waals surface area contributed by atoms with Gasteiger partial charge in [0.25, 0.3) is 5.91 Å². The normalized spacial score (nSPS) is 20.8. The Morgan fingerprint density at radius 3 is 2.00 bits per heavy atom. The lowest BCUT2D eigenvalue weighted by Gasteiger charge is -2.49. The summed E-state index contributed by atoms with van der Waals surface area (Å²) < 4.78 is 0. The Labute approximate surface area is 184 Å². The molecule has 1 aromatic carbocycles. The zero-order valence-corrected chi connectivity index (χ0v) is 18.6. The monoisotopic (exact) mass is 435 g/mol. The highest BCUT2D eigenvalue weighted by Gasteiger charge is 2.43. The predicted octanol–water partition coefficient (Wildman–Crippen LogP) is 2.79. The third kappa shape index (κ3) is 4.64. The van der Waals surface area contributed by atoms with Gasteiger partial charge in [-0.05, 0) is 80.5 Å². The van der Waals surface area contributed by atoms with E-state index in [-0.39, 0.29) is 29.6 Å². The highest BCUT2D eigenvalue weighted by Crippen LogP contribution is 2.51. The van der Waals surface area contributed by atoms with Crippen molar-refractivity contribution in [3.63, 3.8) is 0 Å². The van der Waals surface area contributed by atoms with Gasteiger partial charge in [-0.2, -0.15) is 0 Å². The zero-order valence-electron chi connectivity index (χ0n) is 17.8. The van der Waals surface area contributed by atoms with Crippen LogP contribution in [0, 0.1) is 16.7 Å². The van der Waals surface area contributed by atoms with Crippen molar-refractivity contribution in [2.24, 2.45) is 22.5 Å². The maximum atomic E-state index is 12.8. The number of piperidine rings is 1. The molecule has 2 aliphatic rings. The number of hydrogen-bond acceptors (Lipinski definition) is 4. The highest BCUT2D eigenvalue weighted by atomic mass is 35.5. The molecule has 2 N–H and O–H groups in total. The summed E-state index contributed by atoms with van der Waals surface area (Å²) in [6.07, 6.45) is 6.40. The lowest BCUT2D eigenvalue weighted by Crippen LogP contribution is -2.49. The molecule has 0 aromatic heterocycles. The molecule has 3 rings (SSSR count). The van der Waals surface area contributed by atoms with Gasteiger partial charge in [0.05, 0.1) is 0 Å². The van der Waals surface area contributed by atoms with Crippen molar-refractivity contribution in [3.05, 3.63) is 35.4 Å². The van der Waals surface area contributed by atoms with Gasteiger partial charge in [-0.25, -0.2) is 0 Å². The second kappa shape index (κ2) is 9.38. The zero-order chi connectivity index (χ0) is 21.2. The molecule has 2 fully saturated rings. The van der Waals surface area contributed by atoms with Crippen LogP contribution < -0.4 is 10.8 Å². The van der Waals surface area contributed by atoms with E-state index in [1.165, 1.54) is 0 Å². The molecule has 166 valence electrons. The number of hydrogen-bond donors (Lipinski definition) is 1. The molecule has 30 heavy (non-hydrogen) atoms. The number of nitrogens with two attached hydrogens (primary N) is 1. The average molecular weight is 436 g/mol. The van der Waals surface area contributed by atoms with Gasteiger partial charge in [0.2, 0.25) is 5.91 Å². The molecule has 6 nitrogen and oxygen atoms in total. The SMILES string of the molecule is CCC(C)(C(=O)[O-])C1CCC2(CC1)CCN(C(=O)c1ccc(C(N)=O)cc1)CC2.Cl. The fraction of sp³-hybridized carbons (Fsp3) is 0.609. The van der Waals surface area contributed by atoms with Crippen LogP contribution in [0.2, 0.25) is 0 Å². The van der Waals surface area contributed by atoms with Crippen LogP contribution in [0.25, 0.3) is 0 Å². The molecule has 1 aliphatic heterocycles. The maximum Gasteiger partial charge on any atom is 0.253 e. The van der Waals surface area contributed by atoms with Crippen molar-refractivity contribution < 1.29 is 19.5 Å². The molecule has 1 heterocycles. The Balaban J connectivity index is 0.00000320. The summed E-state index contributed by atoms with van der Waals surface area (Å²) in [7, 11) is 0. The van der Waals surface area contributed by atoms with Crippen LogP contribution >= 0.6 is 12.4 Å². The van der Waals surface area contributed by atoms with Gasteiger partial charge in [-0.15, -0.1) is 12.4 Å². The topological polar surface area (TPSA) is 104 Å². The highest BCUT2D eigenvalue weighted by molar-refractivity contribution is 5.97. The van der Waals surface area contributed by atoms with E-state index >= 15 is 0 Å². The molecular weight excluding hydrogens is 404 g/mol. The molecule has 1 unspecified atom stereocenters. The number of aliphatic carboxylic acids is 1. The van der Waals surface area contributed by atoms with Gasteiger partial charge in [0.1, 0.15) is 0 Å². The standard InChI is InChI=1S/C23H32N2O4.ClH/c1-3-22(2,21(28)29)18-8-10-23(11-9-18)12-14-25(15-13-23)20(27)17-6-4-16(5-7-17)19(24)26;/h4-7,18H,3,8-15H2,1-2H3,(H2,24,26)(H,28,29);1H/p-1. The van der Waals surface area contributed by atoms with E-state index in [1.54, 1.807) is 24.3 Å². The minimum Gasteiger partial charge on any atom is -0.550 e. The van der Waals surface area contributed by atoms with Crippen LogP contribution in [0.3, 0.4) is 0 Å². The molecular formula is C23H32ClN2O4-. The number of benzene rings is 1. The fourth-order valence-corrected chi connectivity index (χ4v) is 5.11. The van der Waals surface area contributed by atoms with Crippen molar-refractivity contribution >= 4 is 30.2 Å². The van der Waals surface area contributed by atoms with E-state index in [4.69, 9.17) is 5.73 Å². The number of carbonyl (C=O) groups excluding carboxylic acids is 3. The van der Waals surface area contributed by atoms with Gasteiger partial charge in [-0.3, -0.25) is 9.59 Å². The quantitative estimate of drug-likeness (QED) is 0.767. The van der Waals surface area contributed by atoms with Crippen LogP contribution in [0.15, 0.2) is 24.3 Å². The fourth-order valence-electron chi connectivity index (χ4n) is 5.11. The van der Waals surface area contributed by atoms with Crippen molar-refractivity contribution in [3.8, 4) is 0 Å². The molecule has 0 radical (unpaired) electrons. The van der Waals surface area contributed by atoms with Crippen LogP contribution in [-0.4, -0.2) is 35.8 Å². The Hall–Kier alpha value is -2.08. The molecule has 7 heteroatoms. The molecule has 1 atom stereocenters. The average Bonchev–Trinajstić information content (AvgIpc) is 2.73. The minimum absolute atomic E-state index is 0. The van der Waals surface area contributed by atoms with Crippen molar-refractivity contribution in [1.29, 1.82) is 0 Å². The van der Waals surface area contributed by atoms with Gasteiger partial charge in [-0.1, -0.05) is 13.8 Å². The maximum absolute atomic E-state index is 12.8. The van der Waals surface area contributed by atoms with E-state index in [0.29, 0.717) is 30.6 Å². The number of carbonyl (C=O) groups is 3. The number of halogens is 1. The summed E-state index contributed by atoms with van der Waals surface area (Å²) in [6, 6.07) is 6.49. The largest absolute Gasteiger partial charge is 0.550 e. The summed E-state index contributed by atoms with van der Waals surface area (Å²) in [5.41, 5.74) is 5.71. The van der Waals surface area contributed by atoms with Crippen LogP contribution in [0.1, 0.15) is 79.5 Å². The molecule has 1 spiro atoms. The smallest absolute Gasteiger partial charge is 0.253 e. The lowest BCUT2D eigenvalue weighted by atomic mass is 9.59. The van der Waals surface area contributed by atoms with E-state index in [9.17, 15) is 19.5 Å². The van der Waals surface area contributed by atoms with Gasteiger partial charge < -0.3 is 20.5 Å². The second-order valence-corrected chi connectivity index (χ2v) is 9.07. The lowest BCUT2D eigenvalue weighted by molar-refractivity contribution is -0.322. The third-order valence-electron chi connectivity index (χ3n) is 7.68. The summed E-state index contributed by atoms with van der Waals surface area (Å²) in [5.74, 6) is -1.27. The number of carboxylic acids is 1. The van der Waals surface area contributed by atoms with E-state index in [1.807, 2.05) is 18.7 Å². The van der Waals surface area contributed by atoms with Gasteiger partial charge >= 0.3 is 0 Å². The van der Waals surface area contributed by atoms with Gasteiger partial charge in [0.15, 0.2) is 0 Å². The van der Waals surface area contributed by atoms with Gasteiger partial charge in [0, 0.05) is 35.6 Å². The molecule has 1 saturated heterocycles. The first-order chi connectivity index (χ1) is 13.7.